The van der Waals surface area contributed by atoms with E-state index in [4.69, 9.17) is 0 Å². The minimum Gasteiger partial charge on any atom is -0.329 e. The molecule has 1 saturated heterocycles. The summed E-state index contributed by atoms with van der Waals surface area (Å²) in [7, 11) is 0. The number of rotatable bonds is 4. The summed E-state index contributed by atoms with van der Waals surface area (Å²) in [5.41, 5.74) is 2.07. The number of carbonyl (C=O) groups excluding carboxylic acids is 3. The second kappa shape index (κ2) is 8.19. The third-order valence-electron chi connectivity index (χ3n) is 3.36. The molecule has 3 amide bonds. The first-order valence-corrected chi connectivity index (χ1v) is 7.21. The summed E-state index contributed by atoms with van der Waals surface area (Å²) < 4.78 is 0. The van der Waals surface area contributed by atoms with Crippen LogP contribution in [0.3, 0.4) is 0 Å². The lowest BCUT2D eigenvalue weighted by atomic mass is 10.0. The van der Waals surface area contributed by atoms with E-state index < -0.39 is 11.9 Å². The van der Waals surface area contributed by atoms with Gasteiger partial charge in [-0.05, 0) is 24.5 Å². The fourth-order valence-electron chi connectivity index (χ4n) is 2.20. The van der Waals surface area contributed by atoms with Crippen LogP contribution in [0, 0.1) is 6.92 Å². The van der Waals surface area contributed by atoms with Crippen LogP contribution in [0.5, 0.6) is 0 Å². The summed E-state index contributed by atoms with van der Waals surface area (Å²) in [5, 5.41) is 2.27. The molecule has 0 radical (unpaired) electrons. The number of carbonyl (C=O) groups is 3. The third-order valence-corrected chi connectivity index (χ3v) is 3.36. The van der Waals surface area contributed by atoms with Gasteiger partial charge in [0.05, 0.1) is 0 Å². The zero-order chi connectivity index (χ0) is 15.8. The number of nitrogens with one attached hydrogen (secondary N) is 1. The normalized spacial score (nSPS) is 17.4. The molecule has 2 rings (SSSR count). The van der Waals surface area contributed by atoms with Crippen molar-refractivity contribution >= 4 is 18.2 Å². The number of hydrogen-bond donors (Lipinski definition) is 1. The monoisotopic (exact) mass is 290 g/mol. The number of aryl methyl sites for hydroxylation is 1. The molecule has 1 aromatic rings. The average Bonchev–Trinajstić information content (AvgIpc) is 2.49. The van der Waals surface area contributed by atoms with E-state index in [0.717, 1.165) is 11.1 Å². The molecule has 1 unspecified atom stereocenters. The fraction of sp³-hybridized carbons (Fsp3) is 0.438. The van der Waals surface area contributed by atoms with E-state index in [2.05, 4.69) is 5.32 Å². The number of hydrogen-bond acceptors (Lipinski definition) is 3. The Morgan fingerprint density at radius 1 is 1.29 bits per heavy atom. The molecule has 0 aliphatic carbocycles. The highest BCUT2D eigenvalue weighted by molar-refractivity contribution is 6.00. The van der Waals surface area contributed by atoms with Crippen molar-refractivity contribution in [2.45, 2.75) is 46.2 Å². The van der Waals surface area contributed by atoms with Crippen LogP contribution in [0.25, 0.3) is 0 Å². The Balaban J connectivity index is 0.00000106. The molecule has 5 heteroatoms. The summed E-state index contributed by atoms with van der Waals surface area (Å²) >= 11 is 0. The first-order chi connectivity index (χ1) is 10.1. The van der Waals surface area contributed by atoms with Crippen LogP contribution >= 0.6 is 0 Å². The lowest BCUT2D eigenvalue weighted by Crippen LogP contribution is -2.51. The molecular formula is C16H22N2O3. The second-order valence-electron chi connectivity index (χ2n) is 4.67. The zero-order valence-corrected chi connectivity index (χ0v) is 12.8. The summed E-state index contributed by atoms with van der Waals surface area (Å²) in [6.45, 7) is 6.34. The summed E-state index contributed by atoms with van der Waals surface area (Å²) in [4.78, 5) is 35.5. The predicted molar refractivity (Wildman–Crippen MR) is 80.3 cm³/mol. The minimum absolute atomic E-state index is 0.272. The third kappa shape index (κ3) is 4.41. The Morgan fingerprint density at radius 3 is 2.52 bits per heavy atom. The number of benzene rings is 1. The van der Waals surface area contributed by atoms with E-state index >= 15 is 0 Å². The number of nitrogens with zero attached hydrogens (tertiary/aromatic N) is 1. The maximum absolute atomic E-state index is 11.7. The smallest absolute Gasteiger partial charge is 0.249 e. The van der Waals surface area contributed by atoms with Crippen molar-refractivity contribution in [2.24, 2.45) is 0 Å². The van der Waals surface area contributed by atoms with E-state index in [1.165, 1.54) is 4.90 Å². The van der Waals surface area contributed by atoms with Crippen LogP contribution in [0.1, 0.15) is 37.8 Å². The first kappa shape index (κ1) is 16.9. The van der Waals surface area contributed by atoms with Gasteiger partial charge in [-0.3, -0.25) is 19.7 Å². The maximum atomic E-state index is 11.7. The first-order valence-electron chi connectivity index (χ1n) is 7.21. The van der Waals surface area contributed by atoms with Gasteiger partial charge in [0.2, 0.25) is 18.2 Å². The topological polar surface area (TPSA) is 66.5 Å². The van der Waals surface area contributed by atoms with Crippen molar-refractivity contribution in [1.29, 1.82) is 0 Å². The van der Waals surface area contributed by atoms with Gasteiger partial charge in [-0.1, -0.05) is 38.1 Å². The van der Waals surface area contributed by atoms with Crippen molar-refractivity contribution < 1.29 is 14.4 Å². The Labute approximate surface area is 125 Å². The molecule has 1 atom stereocenters. The maximum Gasteiger partial charge on any atom is 0.249 e. The van der Waals surface area contributed by atoms with Gasteiger partial charge in [0.1, 0.15) is 6.04 Å². The van der Waals surface area contributed by atoms with Gasteiger partial charge in [0.25, 0.3) is 0 Å². The standard InChI is InChI=1S/C14H16N2O3.C2H6/c1-10-4-2-3-5-11(10)8-16(9-17)12-6-7-13(18)15-14(12)19;1-2/h2-5,9,12H,6-8H2,1H3,(H,15,18,19);1-2H3. The Morgan fingerprint density at radius 2 is 1.95 bits per heavy atom. The van der Waals surface area contributed by atoms with Gasteiger partial charge < -0.3 is 4.90 Å². The lowest BCUT2D eigenvalue weighted by Gasteiger charge is -2.30. The van der Waals surface area contributed by atoms with E-state index in [-0.39, 0.29) is 12.3 Å². The summed E-state index contributed by atoms with van der Waals surface area (Å²) in [5.74, 6) is -0.667. The van der Waals surface area contributed by atoms with Crippen LogP contribution in [0.15, 0.2) is 24.3 Å². The molecule has 5 nitrogen and oxygen atoms in total. The van der Waals surface area contributed by atoms with Crippen LogP contribution in [0.4, 0.5) is 0 Å². The highest BCUT2D eigenvalue weighted by atomic mass is 16.2. The summed E-state index contributed by atoms with van der Waals surface area (Å²) in [6, 6.07) is 7.15. The van der Waals surface area contributed by atoms with Gasteiger partial charge in [-0.2, -0.15) is 0 Å². The minimum atomic E-state index is -0.560. The van der Waals surface area contributed by atoms with Gasteiger partial charge in [-0.25, -0.2) is 0 Å². The number of imide groups is 1. The molecule has 1 aromatic carbocycles. The molecule has 0 saturated carbocycles. The second-order valence-corrected chi connectivity index (χ2v) is 4.67. The van der Waals surface area contributed by atoms with Crippen LogP contribution in [0.2, 0.25) is 0 Å². The van der Waals surface area contributed by atoms with E-state index in [0.29, 0.717) is 19.4 Å². The molecule has 21 heavy (non-hydrogen) atoms. The van der Waals surface area contributed by atoms with Gasteiger partial charge in [0, 0.05) is 13.0 Å². The zero-order valence-electron chi connectivity index (χ0n) is 12.8. The Hall–Kier alpha value is -2.17. The largest absolute Gasteiger partial charge is 0.329 e. The van der Waals surface area contributed by atoms with Crippen molar-refractivity contribution in [3.8, 4) is 0 Å². The van der Waals surface area contributed by atoms with Crippen LogP contribution in [-0.2, 0) is 20.9 Å². The van der Waals surface area contributed by atoms with E-state index in [1.54, 1.807) is 0 Å². The highest BCUT2D eigenvalue weighted by Crippen LogP contribution is 2.16. The lowest BCUT2D eigenvalue weighted by molar-refractivity contribution is -0.141. The molecule has 1 N–H and O–H groups in total. The van der Waals surface area contributed by atoms with E-state index in [1.807, 2.05) is 45.0 Å². The number of amides is 3. The van der Waals surface area contributed by atoms with Gasteiger partial charge >= 0.3 is 0 Å². The molecule has 0 spiro atoms. The SMILES string of the molecule is CC.Cc1ccccc1CN(C=O)C1CCC(=O)NC1=O. The predicted octanol–water partition coefficient (Wildman–Crippen LogP) is 1.78. The molecule has 1 fully saturated rings. The fourth-order valence-corrected chi connectivity index (χ4v) is 2.20. The van der Waals surface area contributed by atoms with Gasteiger partial charge in [-0.15, -0.1) is 0 Å². The molecule has 114 valence electrons. The average molecular weight is 290 g/mol. The Bertz CT molecular complexity index is 514. The summed E-state index contributed by atoms with van der Waals surface area (Å²) in [6.07, 6.45) is 1.33. The molecule has 1 heterocycles. The molecular weight excluding hydrogens is 268 g/mol. The number of piperidine rings is 1. The van der Waals surface area contributed by atoms with E-state index in [9.17, 15) is 14.4 Å². The molecule has 0 bridgehead atoms. The molecule has 0 aromatic heterocycles. The highest BCUT2D eigenvalue weighted by Gasteiger charge is 2.31. The molecule has 1 aliphatic heterocycles. The van der Waals surface area contributed by atoms with Crippen LogP contribution < -0.4 is 5.32 Å². The van der Waals surface area contributed by atoms with Crippen molar-refractivity contribution in [3.05, 3.63) is 35.4 Å². The van der Waals surface area contributed by atoms with Crippen molar-refractivity contribution in [3.63, 3.8) is 0 Å². The molecule has 1 aliphatic rings. The Kier molecular flexibility index (Phi) is 6.59. The van der Waals surface area contributed by atoms with Crippen molar-refractivity contribution in [1.82, 2.24) is 10.2 Å². The van der Waals surface area contributed by atoms with Crippen molar-refractivity contribution in [2.75, 3.05) is 0 Å². The quantitative estimate of drug-likeness (QED) is 0.679. The van der Waals surface area contributed by atoms with Crippen LogP contribution in [-0.4, -0.2) is 29.2 Å². The van der Waals surface area contributed by atoms with Gasteiger partial charge in [0.15, 0.2) is 0 Å².